The standard InChI is InChI=1S/C28H36N8O5/c1-3-4-13-35-23-24(32-27(35)34-12-7-8-18(29)16-34)33(2)28(40)36(26(23)39)17-21(37)19-9-5-6-10-20(19)31-25(38)22-15-30-11-14-41-22/h3-6,9-10,18,22,30H,7-8,11-17,29H2,1-2H3,(H,31,38)/b4-3+. The number of aromatic nitrogens is 4. The van der Waals surface area contributed by atoms with Crippen molar-refractivity contribution >= 4 is 34.5 Å². The van der Waals surface area contributed by atoms with Crippen molar-refractivity contribution in [2.24, 2.45) is 12.8 Å². The van der Waals surface area contributed by atoms with Gasteiger partial charge in [-0.1, -0.05) is 24.3 Å². The molecule has 3 aromatic rings. The first kappa shape index (κ1) is 28.5. The van der Waals surface area contributed by atoms with Crippen molar-refractivity contribution in [3.63, 3.8) is 0 Å². The number of ether oxygens (including phenoxy) is 1. The van der Waals surface area contributed by atoms with E-state index in [1.54, 1.807) is 28.8 Å². The highest BCUT2D eigenvalue weighted by Crippen LogP contribution is 2.23. The molecule has 2 atom stereocenters. The van der Waals surface area contributed by atoms with Crippen LogP contribution in [0.3, 0.4) is 0 Å². The molecule has 41 heavy (non-hydrogen) atoms. The number of para-hydroxylation sites is 1. The molecule has 2 aliphatic heterocycles. The molecule has 1 amide bonds. The summed E-state index contributed by atoms with van der Waals surface area (Å²) < 4.78 is 9.52. The number of morpholine rings is 1. The van der Waals surface area contributed by atoms with Gasteiger partial charge in [0.2, 0.25) is 5.95 Å². The van der Waals surface area contributed by atoms with E-state index in [-0.39, 0.29) is 34.4 Å². The van der Waals surface area contributed by atoms with Crippen LogP contribution in [0.15, 0.2) is 46.0 Å². The fourth-order valence-corrected chi connectivity index (χ4v) is 5.33. The van der Waals surface area contributed by atoms with Crippen LogP contribution in [0, 0.1) is 0 Å². The maximum atomic E-state index is 13.9. The number of anilines is 2. The predicted octanol–water partition coefficient (Wildman–Crippen LogP) is 0.210. The minimum Gasteiger partial charge on any atom is -0.366 e. The number of nitrogens with zero attached hydrogens (tertiary/aromatic N) is 5. The number of carbonyl (C=O) groups is 2. The van der Waals surface area contributed by atoms with Crippen LogP contribution in [-0.4, -0.2) is 75.3 Å². The normalized spacial score (nSPS) is 19.6. The number of carbonyl (C=O) groups excluding carboxylic acids is 2. The smallest absolute Gasteiger partial charge is 0.332 e. The Kier molecular flexibility index (Phi) is 8.47. The quantitative estimate of drug-likeness (QED) is 0.257. The highest BCUT2D eigenvalue weighted by Gasteiger charge is 2.27. The van der Waals surface area contributed by atoms with E-state index in [2.05, 4.69) is 10.6 Å². The number of rotatable bonds is 8. The first-order chi connectivity index (χ1) is 19.8. The Morgan fingerprint density at radius 3 is 2.78 bits per heavy atom. The third-order valence-corrected chi connectivity index (χ3v) is 7.48. The zero-order chi connectivity index (χ0) is 29.1. The molecule has 0 saturated carbocycles. The molecule has 2 fully saturated rings. The molecule has 2 unspecified atom stereocenters. The van der Waals surface area contributed by atoms with E-state index in [1.807, 2.05) is 24.0 Å². The van der Waals surface area contributed by atoms with E-state index in [0.717, 1.165) is 24.0 Å². The van der Waals surface area contributed by atoms with Gasteiger partial charge in [-0.05, 0) is 31.9 Å². The van der Waals surface area contributed by atoms with E-state index in [1.165, 1.54) is 11.6 Å². The van der Waals surface area contributed by atoms with Gasteiger partial charge in [0, 0.05) is 51.4 Å². The third kappa shape index (κ3) is 5.73. The molecule has 2 aromatic heterocycles. The molecule has 1 aromatic carbocycles. The molecule has 0 spiro atoms. The molecule has 4 N–H and O–H groups in total. The van der Waals surface area contributed by atoms with Gasteiger partial charge in [-0.25, -0.2) is 4.79 Å². The Labute approximate surface area is 236 Å². The van der Waals surface area contributed by atoms with Crippen LogP contribution in [-0.2, 0) is 29.7 Å². The summed E-state index contributed by atoms with van der Waals surface area (Å²) in [5, 5.41) is 5.86. The van der Waals surface area contributed by atoms with Gasteiger partial charge in [0.25, 0.3) is 11.5 Å². The lowest BCUT2D eigenvalue weighted by molar-refractivity contribution is -0.128. The Morgan fingerprint density at radius 2 is 2.05 bits per heavy atom. The van der Waals surface area contributed by atoms with E-state index < -0.39 is 29.7 Å². The largest absolute Gasteiger partial charge is 0.366 e. The number of aryl methyl sites for hydroxylation is 1. The number of benzene rings is 1. The van der Waals surface area contributed by atoms with E-state index in [9.17, 15) is 19.2 Å². The zero-order valence-electron chi connectivity index (χ0n) is 23.3. The van der Waals surface area contributed by atoms with Gasteiger partial charge in [0.15, 0.2) is 16.9 Å². The number of hydrogen-bond acceptors (Lipinski definition) is 9. The Bertz CT molecular complexity index is 1600. The molecule has 4 heterocycles. The van der Waals surface area contributed by atoms with Crippen molar-refractivity contribution in [1.82, 2.24) is 24.0 Å². The maximum Gasteiger partial charge on any atom is 0.332 e. The summed E-state index contributed by atoms with van der Waals surface area (Å²) in [6, 6.07) is 6.50. The van der Waals surface area contributed by atoms with Gasteiger partial charge in [-0.15, -0.1) is 0 Å². The summed E-state index contributed by atoms with van der Waals surface area (Å²) in [5.41, 5.74) is 5.90. The topological polar surface area (TPSA) is 159 Å². The SMILES string of the molecule is C/C=C/Cn1c(N2CCCC(N)C2)nc2c1c(=O)n(CC(=O)c1ccccc1NC(=O)C1CNCCO1)c(=O)n2C. The number of allylic oxidation sites excluding steroid dienone is 2. The highest BCUT2D eigenvalue weighted by molar-refractivity contribution is 6.05. The van der Waals surface area contributed by atoms with Crippen molar-refractivity contribution < 1.29 is 14.3 Å². The van der Waals surface area contributed by atoms with Crippen LogP contribution in [0.4, 0.5) is 11.6 Å². The summed E-state index contributed by atoms with van der Waals surface area (Å²) in [6.45, 7) is 4.49. The first-order valence-corrected chi connectivity index (χ1v) is 13.9. The number of nitrogens with one attached hydrogen (secondary N) is 2. The van der Waals surface area contributed by atoms with Crippen molar-refractivity contribution in [3.8, 4) is 0 Å². The highest BCUT2D eigenvalue weighted by atomic mass is 16.5. The van der Waals surface area contributed by atoms with E-state index in [4.69, 9.17) is 15.5 Å². The number of fused-ring (bicyclic) bond motifs is 1. The minimum absolute atomic E-state index is 0.0154. The summed E-state index contributed by atoms with van der Waals surface area (Å²) in [6.07, 6.45) is 4.89. The number of Topliss-reactive ketones (excluding diaryl/α,β-unsaturated/α-hetero) is 1. The molecule has 0 bridgehead atoms. The summed E-state index contributed by atoms with van der Waals surface area (Å²) >= 11 is 0. The second-order valence-electron chi connectivity index (χ2n) is 10.4. The number of nitrogens with two attached hydrogens (primary N) is 1. The number of amides is 1. The Balaban J connectivity index is 1.51. The number of imidazole rings is 1. The van der Waals surface area contributed by atoms with Crippen molar-refractivity contribution in [3.05, 3.63) is 62.8 Å². The molecule has 13 nitrogen and oxygen atoms in total. The molecule has 5 rings (SSSR count). The monoisotopic (exact) mass is 564 g/mol. The number of ketones is 1. The molecular weight excluding hydrogens is 528 g/mol. The summed E-state index contributed by atoms with van der Waals surface area (Å²) in [7, 11) is 1.54. The predicted molar refractivity (Wildman–Crippen MR) is 155 cm³/mol. The lowest BCUT2D eigenvalue weighted by Crippen LogP contribution is -2.45. The molecule has 0 radical (unpaired) electrons. The van der Waals surface area contributed by atoms with Crippen LogP contribution in [0.25, 0.3) is 11.2 Å². The van der Waals surface area contributed by atoms with Crippen LogP contribution >= 0.6 is 0 Å². The molecule has 2 saturated heterocycles. The summed E-state index contributed by atoms with van der Waals surface area (Å²) in [5.74, 6) is -0.314. The van der Waals surface area contributed by atoms with Crippen LogP contribution < -0.4 is 32.5 Å². The molecule has 0 aliphatic carbocycles. The van der Waals surface area contributed by atoms with Gasteiger partial charge in [0.05, 0.1) is 18.8 Å². The Hall–Kier alpha value is -4.07. The average Bonchev–Trinajstić information content (AvgIpc) is 3.37. The van der Waals surface area contributed by atoms with Crippen LogP contribution in [0.5, 0.6) is 0 Å². The fourth-order valence-electron chi connectivity index (χ4n) is 5.33. The second kappa shape index (κ2) is 12.2. The van der Waals surface area contributed by atoms with Gasteiger partial charge in [-0.2, -0.15) is 4.98 Å². The summed E-state index contributed by atoms with van der Waals surface area (Å²) in [4.78, 5) is 60.3. The number of hydrogen-bond donors (Lipinski definition) is 3. The zero-order valence-corrected chi connectivity index (χ0v) is 23.3. The van der Waals surface area contributed by atoms with Gasteiger partial charge >= 0.3 is 5.69 Å². The van der Waals surface area contributed by atoms with Crippen molar-refractivity contribution in [2.45, 2.75) is 45.0 Å². The van der Waals surface area contributed by atoms with Crippen molar-refractivity contribution in [1.29, 1.82) is 0 Å². The van der Waals surface area contributed by atoms with Crippen LogP contribution in [0.2, 0.25) is 0 Å². The van der Waals surface area contributed by atoms with Gasteiger partial charge < -0.3 is 30.6 Å². The molecule has 218 valence electrons. The maximum absolute atomic E-state index is 13.9. The Morgan fingerprint density at radius 1 is 1.24 bits per heavy atom. The molecule has 2 aliphatic rings. The third-order valence-electron chi connectivity index (χ3n) is 7.48. The van der Waals surface area contributed by atoms with E-state index >= 15 is 0 Å². The van der Waals surface area contributed by atoms with Gasteiger partial charge in [-0.3, -0.25) is 23.5 Å². The second-order valence-corrected chi connectivity index (χ2v) is 10.4. The lowest BCUT2D eigenvalue weighted by atomic mass is 10.1. The van der Waals surface area contributed by atoms with E-state index in [0.29, 0.717) is 38.7 Å². The number of piperidine rings is 1. The molecule has 13 heteroatoms. The van der Waals surface area contributed by atoms with Crippen LogP contribution in [0.1, 0.15) is 30.1 Å². The van der Waals surface area contributed by atoms with Crippen molar-refractivity contribution in [2.75, 3.05) is 43.0 Å². The first-order valence-electron chi connectivity index (χ1n) is 13.9. The average molecular weight is 565 g/mol. The fraction of sp³-hybridized carbons (Fsp3) is 0.464. The van der Waals surface area contributed by atoms with Gasteiger partial charge in [0.1, 0.15) is 6.10 Å². The lowest BCUT2D eigenvalue weighted by Gasteiger charge is -2.31. The minimum atomic E-state index is -0.690. The molecular formula is C28H36N8O5.